The summed E-state index contributed by atoms with van der Waals surface area (Å²) in [6.45, 7) is 1.93. The third kappa shape index (κ3) is 9.16. The number of aromatic nitrogens is 1. The lowest BCUT2D eigenvalue weighted by molar-refractivity contribution is -0.133. The molecule has 12 heteroatoms. The van der Waals surface area contributed by atoms with Crippen LogP contribution in [0.15, 0.2) is 60.8 Å². The number of hydrogen-bond acceptors (Lipinski definition) is 6. The minimum Gasteiger partial charge on any atom is -0.368 e. The normalized spacial score (nSPS) is 13.9. The first-order chi connectivity index (χ1) is 20.1. The summed E-state index contributed by atoms with van der Waals surface area (Å²) >= 11 is 0. The lowest BCUT2D eigenvalue weighted by Gasteiger charge is -2.23. The van der Waals surface area contributed by atoms with Gasteiger partial charge in [0, 0.05) is 23.5 Å². The molecular formula is C30H39N7O5. The number of carbonyl (C=O) groups is 5. The second-order valence-corrected chi connectivity index (χ2v) is 10.3. The number of amides is 5. The van der Waals surface area contributed by atoms with Gasteiger partial charge in [-0.15, -0.1) is 0 Å². The molecule has 0 bridgehead atoms. The van der Waals surface area contributed by atoms with Crippen molar-refractivity contribution < 1.29 is 24.0 Å². The lowest BCUT2D eigenvalue weighted by Crippen LogP contribution is -2.56. The molecule has 10 N–H and O–H groups in total. The minimum absolute atomic E-state index is 0.152. The van der Waals surface area contributed by atoms with Gasteiger partial charge < -0.3 is 38.1 Å². The van der Waals surface area contributed by atoms with E-state index in [0.29, 0.717) is 6.42 Å². The number of carbonyl (C=O) groups excluding carboxylic acids is 5. The molecule has 12 nitrogen and oxygen atoms in total. The molecule has 0 fully saturated rings. The van der Waals surface area contributed by atoms with Gasteiger partial charge in [-0.1, -0.05) is 68.3 Å². The minimum atomic E-state index is -1.39. The number of H-pyrrole nitrogens is 1. The largest absolute Gasteiger partial charge is 0.368 e. The highest BCUT2D eigenvalue weighted by Crippen LogP contribution is 2.19. The van der Waals surface area contributed by atoms with Crippen LogP contribution in [0.5, 0.6) is 0 Å². The average Bonchev–Trinajstić information content (AvgIpc) is 3.37. The highest BCUT2D eigenvalue weighted by atomic mass is 16.2. The second kappa shape index (κ2) is 15.3. The average molecular weight is 578 g/mol. The molecule has 0 aliphatic rings. The van der Waals surface area contributed by atoms with Crippen LogP contribution >= 0.6 is 0 Å². The predicted molar refractivity (Wildman–Crippen MR) is 158 cm³/mol. The molecule has 0 aliphatic heterocycles. The zero-order valence-corrected chi connectivity index (χ0v) is 23.6. The number of para-hydroxylation sites is 1. The Kier molecular flexibility index (Phi) is 11.6. The van der Waals surface area contributed by atoms with Crippen molar-refractivity contribution in [2.45, 2.75) is 69.6 Å². The fourth-order valence-electron chi connectivity index (χ4n) is 4.59. The van der Waals surface area contributed by atoms with Gasteiger partial charge in [0.1, 0.15) is 18.1 Å². The van der Waals surface area contributed by atoms with E-state index < -0.39 is 60.1 Å². The summed E-state index contributed by atoms with van der Waals surface area (Å²) in [5.41, 5.74) is 19.7. The van der Waals surface area contributed by atoms with E-state index in [1.807, 2.05) is 37.3 Å². The van der Waals surface area contributed by atoms with Gasteiger partial charge in [0.05, 0.1) is 12.5 Å². The molecule has 0 aliphatic carbocycles. The molecule has 5 amide bonds. The molecule has 4 atom stereocenters. The number of unbranched alkanes of at least 4 members (excludes halogenated alkanes) is 1. The van der Waals surface area contributed by atoms with Gasteiger partial charge in [0.25, 0.3) is 0 Å². The number of nitrogens with one attached hydrogen (secondary N) is 4. The Morgan fingerprint density at radius 1 is 0.786 bits per heavy atom. The van der Waals surface area contributed by atoms with E-state index in [-0.39, 0.29) is 19.3 Å². The molecule has 3 rings (SSSR count). The quantitative estimate of drug-likeness (QED) is 0.127. The maximum Gasteiger partial charge on any atom is 0.243 e. The molecule has 42 heavy (non-hydrogen) atoms. The zero-order valence-electron chi connectivity index (χ0n) is 23.6. The topological polar surface area (TPSA) is 215 Å². The molecule has 0 spiro atoms. The van der Waals surface area contributed by atoms with Crippen LogP contribution in [0.25, 0.3) is 10.9 Å². The molecule has 1 heterocycles. The zero-order chi connectivity index (χ0) is 30.6. The number of benzene rings is 2. The maximum atomic E-state index is 13.2. The Hall–Kier alpha value is -4.71. The first-order valence-electron chi connectivity index (χ1n) is 13.9. The number of fused-ring (bicyclic) bond motifs is 1. The third-order valence-electron chi connectivity index (χ3n) is 6.94. The van der Waals surface area contributed by atoms with Crippen LogP contribution in [0, 0.1) is 0 Å². The number of hydrogen-bond donors (Lipinski definition) is 7. The van der Waals surface area contributed by atoms with Crippen LogP contribution in [-0.2, 0) is 36.8 Å². The Bertz CT molecular complexity index is 1390. The highest BCUT2D eigenvalue weighted by molar-refractivity contribution is 5.95. The van der Waals surface area contributed by atoms with Crippen molar-refractivity contribution in [2.24, 2.45) is 17.2 Å². The summed E-state index contributed by atoms with van der Waals surface area (Å²) < 4.78 is 0. The molecule has 224 valence electrons. The fraction of sp³-hybridized carbons (Fsp3) is 0.367. The summed E-state index contributed by atoms with van der Waals surface area (Å²) in [4.78, 5) is 66.1. The van der Waals surface area contributed by atoms with Crippen molar-refractivity contribution in [3.8, 4) is 0 Å². The molecule has 1 aromatic heterocycles. The van der Waals surface area contributed by atoms with Crippen molar-refractivity contribution >= 4 is 40.4 Å². The summed E-state index contributed by atoms with van der Waals surface area (Å²) in [6.07, 6.45) is 3.31. The summed E-state index contributed by atoms with van der Waals surface area (Å²) in [5, 5.41) is 8.61. The van der Waals surface area contributed by atoms with E-state index >= 15 is 0 Å². The number of rotatable bonds is 16. The first-order valence-corrected chi connectivity index (χ1v) is 13.9. The van der Waals surface area contributed by atoms with Crippen molar-refractivity contribution in [1.29, 1.82) is 0 Å². The Morgan fingerprint density at radius 2 is 1.43 bits per heavy atom. The van der Waals surface area contributed by atoms with E-state index in [2.05, 4.69) is 20.9 Å². The molecule has 0 unspecified atom stereocenters. The lowest BCUT2D eigenvalue weighted by atomic mass is 10.0. The Morgan fingerprint density at radius 3 is 2.10 bits per heavy atom. The van der Waals surface area contributed by atoms with Gasteiger partial charge in [-0.2, -0.15) is 0 Å². The predicted octanol–water partition coefficient (Wildman–Crippen LogP) is 0.286. The smallest absolute Gasteiger partial charge is 0.243 e. The van der Waals surface area contributed by atoms with Gasteiger partial charge >= 0.3 is 0 Å². The van der Waals surface area contributed by atoms with Gasteiger partial charge in [-0.25, -0.2) is 0 Å². The van der Waals surface area contributed by atoms with Gasteiger partial charge in [0.2, 0.25) is 29.5 Å². The molecule has 3 aromatic rings. The second-order valence-electron chi connectivity index (χ2n) is 10.3. The van der Waals surface area contributed by atoms with Crippen molar-refractivity contribution in [3.05, 3.63) is 71.9 Å². The monoisotopic (exact) mass is 577 g/mol. The van der Waals surface area contributed by atoms with Crippen LogP contribution in [0.4, 0.5) is 0 Å². The summed E-state index contributed by atoms with van der Waals surface area (Å²) in [5.74, 6) is -3.61. The fourth-order valence-corrected chi connectivity index (χ4v) is 4.59. The van der Waals surface area contributed by atoms with Crippen LogP contribution in [-0.4, -0.2) is 58.7 Å². The number of aromatic amines is 1. The van der Waals surface area contributed by atoms with E-state index in [9.17, 15) is 24.0 Å². The Balaban J connectivity index is 1.62. The van der Waals surface area contributed by atoms with E-state index in [0.717, 1.165) is 28.5 Å². The number of nitrogens with two attached hydrogens (primary N) is 3. The van der Waals surface area contributed by atoms with E-state index in [1.165, 1.54) is 0 Å². The van der Waals surface area contributed by atoms with Crippen LogP contribution in [0.3, 0.4) is 0 Å². The van der Waals surface area contributed by atoms with Crippen LogP contribution < -0.4 is 33.2 Å². The van der Waals surface area contributed by atoms with Gasteiger partial charge in [-0.3, -0.25) is 24.0 Å². The standard InChI is InChI=1S/C30H39N7O5/c1-2-3-12-23(36-29(41)21(31)15-19-17-34-22-13-8-7-11-20(19)22)30(42)37-25(28(33)40)16-26(38)35-24(27(32)39)14-18-9-5-4-6-10-18/h4-11,13,17,21,23-25,34H,2-3,12,14-16,31H2,1H3,(H2,32,39)(H2,33,40)(H,35,38)(H,36,41)(H,37,42)/t21-,23-,24-,25-/m0/s1. The molecule has 0 radical (unpaired) electrons. The summed E-state index contributed by atoms with van der Waals surface area (Å²) in [6, 6.07) is 12.2. The van der Waals surface area contributed by atoms with Crippen molar-refractivity contribution in [2.75, 3.05) is 0 Å². The van der Waals surface area contributed by atoms with E-state index in [4.69, 9.17) is 17.2 Å². The first kappa shape index (κ1) is 31.8. The SMILES string of the molecule is CCCC[C@H](NC(=O)[C@@H](N)Cc1c[nH]c2ccccc12)C(=O)N[C@@H](CC(=O)N[C@@H](Cc1ccccc1)C(N)=O)C(N)=O. The maximum absolute atomic E-state index is 13.2. The van der Waals surface area contributed by atoms with Crippen molar-refractivity contribution in [3.63, 3.8) is 0 Å². The van der Waals surface area contributed by atoms with Crippen LogP contribution in [0.2, 0.25) is 0 Å². The summed E-state index contributed by atoms with van der Waals surface area (Å²) in [7, 11) is 0. The van der Waals surface area contributed by atoms with Gasteiger partial charge in [-0.05, 0) is 30.0 Å². The molecule has 0 saturated carbocycles. The van der Waals surface area contributed by atoms with Crippen molar-refractivity contribution in [1.82, 2.24) is 20.9 Å². The molecular weight excluding hydrogens is 538 g/mol. The van der Waals surface area contributed by atoms with Crippen LogP contribution in [0.1, 0.15) is 43.7 Å². The number of primary amides is 2. The highest BCUT2D eigenvalue weighted by Gasteiger charge is 2.29. The Labute approximate surface area is 244 Å². The van der Waals surface area contributed by atoms with E-state index in [1.54, 1.807) is 30.5 Å². The molecule has 2 aromatic carbocycles. The molecule has 0 saturated heterocycles. The third-order valence-corrected chi connectivity index (χ3v) is 6.94. The van der Waals surface area contributed by atoms with Gasteiger partial charge in [0.15, 0.2) is 0 Å².